The smallest absolute Gasteiger partial charge is 0.0479 e. The van der Waals surface area contributed by atoms with Crippen molar-refractivity contribution in [3.63, 3.8) is 0 Å². The molecule has 1 fully saturated rings. The summed E-state index contributed by atoms with van der Waals surface area (Å²) in [5.74, 6) is 1.51. The van der Waals surface area contributed by atoms with Crippen molar-refractivity contribution >= 4 is 28.2 Å². The zero-order valence-electron chi connectivity index (χ0n) is 7.75. The van der Waals surface area contributed by atoms with E-state index in [0.29, 0.717) is 12.0 Å². The first kappa shape index (κ1) is 10.5. The van der Waals surface area contributed by atoms with Gasteiger partial charge in [0.15, 0.2) is 0 Å². The van der Waals surface area contributed by atoms with Gasteiger partial charge >= 0.3 is 0 Å². The van der Waals surface area contributed by atoms with Crippen LogP contribution in [0.1, 0.15) is 26.2 Å². The van der Waals surface area contributed by atoms with Crippen LogP contribution in [0.5, 0.6) is 0 Å². The monoisotopic (exact) mass is 203 g/mol. The van der Waals surface area contributed by atoms with Gasteiger partial charge in [-0.15, -0.1) is 11.8 Å². The minimum Gasteiger partial charge on any atom is -0.327 e. The molecule has 3 atom stereocenters. The summed E-state index contributed by atoms with van der Waals surface area (Å²) in [6.07, 6.45) is 5.57. The van der Waals surface area contributed by atoms with Gasteiger partial charge in [-0.05, 0) is 30.9 Å². The van der Waals surface area contributed by atoms with Gasteiger partial charge in [-0.25, -0.2) is 0 Å². The molecule has 1 nitrogen and oxygen atoms in total. The summed E-state index contributed by atoms with van der Waals surface area (Å²) in [7, 11) is 0. The van der Waals surface area contributed by atoms with E-state index in [1.54, 1.807) is 11.8 Å². The molecule has 0 aliphatic heterocycles. The first-order valence-corrected chi connectivity index (χ1v) is 6.14. The third kappa shape index (κ3) is 2.21. The number of thioether (sulfide) groups is 1. The third-order valence-electron chi connectivity index (χ3n) is 2.88. The lowest BCUT2D eigenvalue weighted by Crippen LogP contribution is -2.47. The second-order valence-corrected chi connectivity index (χ2v) is 5.16. The van der Waals surface area contributed by atoms with Crippen LogP contribution in [0.25, 0.3) is 0 Å². The van der Waals surface area contributed by atoms with E-state index in [1.807, 2.05) is 6.26 Å². The Kier molecular flexibility index (Phi) is 4.00. The molecule has 0 saturated heterocycles. The maximum Gasteiger partial charge on any atom is 0.0479 e. The van der Waals surface area contributed by atoms with Crippen molar-refractivity contribution in [2.45, 2.75) is 32.2 Å². The molecule has 1 saturated carbocycles. The Balaban J connectivity index is 2.34. The molecule has 3 unspecified atom stereocenters. The number of hydrogen-bond donors (Lipinski definition) is 1. The number of hydrogen-bond acceptors (Lipinski definition) is 3. The summed E-state index contributed by atoms with van der Waals surface area (Å²) in [6, 6.07) is 0.417. The highest BCUT2D eigenvalue weighted by molar-refractivity contribution is 8.22. The van der Waals surface area contributed by atoms with Crippen LogP contribution in [-0.4, -0.2) is 16.5 Å². The second-order valence-electron chi connectivity index (χ2n) is 3.51. The molecular formula is C9H17NS2. The van der Waals surface area contributed by atoms with Crippen LogP contribution in [0.3, 0.4) is 0 Å². The average Bonchev–Trinajstić information content (AvgIpc) is 2.09. The Morgan fingerprint density at radius 3 is 2.75 bits per heavy atom. The number of nitrogens with two attached hydrogens (primary N) is 1. The van der Waals surface area contributed by atoms with Gasteiger partial charge in [-0.2, -0.15) is 0 Å². The van der Waals surface area contributed by atoms with Gasteiger partial charge in [-0.3, -0.25) is 0 Å². The normalized spacial score (nSPS) is 34.4. The lowest BCUT2D eigenvalue weighted by atomic mass is 9.67. The molecule has 3 heteroatoms. The molecule has 1 aliphatic carbocycles. The highest BCUT2D eigenvalue weighted by Gasteiger charge is 2.37. The molecule has 2 N–H and O–H groups in total. The Morgan fingerprint density at radius 1 is 1.67 bits per heavy atom. The third-order valence-corrected chi connectivity index (χ3v) is 4.17. The van der Waals surface area contributed by atoms with E-state index >= 15 is 0 Å². The predicted molar refractivity (Wildman–Crippen MR) is 60.6 cm³/mol. The minimum absolute atomic E-state index is 0.417. The van der Waals surface area contributed by atoms with Crippen molar-refractivity contribution in [3.8, 4) is 0 Å². The van der Waals surface area contributed by atoms with Crippen LogP contribution < -0.4 is 5.73 Å². The zero-order chi connectivity index (χ0) is 9.14. The summed E-state index contributed by atoms with van der Waals surface area (Å²) in [5, 5.41) is 0. The molecule has 0 aromatic heterocycles. The van der Waals surface area contributed by atoms with Crippen LogP contribution in [0.2, 0.25) is 0 Å². The van der Waals surface area contributed by atoms with Crippen LogP contribution in [0.15, 0.2) is 0 Å². The SMILES string of the molecule is CCC1CC(N)C1CC(=S)SC. The molecule has 0 heterocycles. The van der Waals surface area contributed by atoms with E-state index in [9.17, 15) is 0 Å². The Morgan fingerprint density at radius 2 is 2.33 bits per heavy atom. The van der Waals surface area contributed by atoms with Crippen molar-refractivity contribution in [1.29, 1.82) is 0 Å². The van der Waals surface area contributed by atoms with Gasteiger partial charge in [0, 0.05) is 10.2 Å². The van der Waals surface area contributed by atoms with E-state index in [1.165, 1.54) is 12.8 Å². The highest BCUT2D eigenvalue weighted by Crippen LogP contribution is 2.39. The molecule has 0 amide bonds. The fraction of sp³-hybridized carbons (Fsp3) is 0.889. The maximum atomic E-state index is 5.92. The molecular weight excluding hydrogens is 186 g/mol. The molecule has 12 heavy (non-hydrogen) atoms. The van der Waals surface area contributed by atoms with Crippen molar-refractivity contribution in [2.24, 2.45) is 17.6 Å². The standard InChI is InChI=1S/C9H17NS2/c1-3-6-4-8(10)7(6)5-9(11)12-2/h6-8H,3-5,10H2,1-2H3. The van der Waals surface area contributed by atoms with E-state index in [2.05, 4.69) is 6.92 Å². The minimum atomic E-state index is 0.417. The molecule has 0 aromatic carbocycles. The Hall–Kier alpha value is 0.400. The van der Waals surface area contributed by atoms with Gasteiger partial charge in [0.25, 0.3) is 0 Å². The van der Waals surface area contributed by atoms with Crippen molar-refractivity contribution in [1.82, 2.24) is 0 Å². The van der Waals surface area contributed by atoms with E-state index in [4.69, 9.17) is 18.0 Å². The molecule has 1 aliphatic rings. The van der Waals surface area contributed by atoms with Crippen molar-refractivity contribution in [3.05, 3.63) is 0 Å². The molecule has 0 aromatic rings. The largest absolute Gasteiger partial charge is 0.327 e. The van der Waals surface area contributed by atoms with Gasteiger partial charge in [0.05, 0.1) is 0 Å². The molecule has 0 bridgehead atoms. The van der Waals surface area contributed by atoms with Crippen LogP contribution in [0, 0.1) is 11.8 Å². The lowest BCUT2D eigenvalue weighted by molar-refractivity contribution is 0.138. The lowest BCUT2D eigenvalue weighted by Gasteiger charge is -2.42. The highest BCUT2D eigenvalue weighted by atomic mass is 32.2. The fourth-order valence-corrected chi connectivity index (χ4v) is 2.47. The Bertz CT molecular complexity index is 170. The van der Waals surface area contributed by atoms with Gasteiger partial charge in [0.1, 0.15) is 0 Å². The topological polar surface area (TPSA) is 26.0 Å². The van der Waals surface area contributed by atoms with E-state index in [-0.39, 0.29) is 0 Å². The summed E-state index contributed by atoms with van der Waals surface area (Å²) in [4.78, 5) is 0. The quantitative estimate of drug-likeness (QED) is 0.714. The van der Waals surface area contributed by atoms with Crippen molar-refractivity contribution < 1.29 is 0 Å². The van der Waals surface area contributed by atoms with E-state index < -0.39 is 0 Å². The first-order chi connectivity index (χ1) is 5.69. The number of thiocarbonyl (C=S) groups is 1. The Labute approximate surface area is 84.5 Å². The van der Waals surface area contributed by atoms with Gasteiger partial charge in [-0.1, -0.05) is 25.6 Å². The molecule has 0 spiro atoms. The summed E-state index contributed by atoms with van der Waals surface area (Å²) in [5.41, 5.74) is 5.92. The summed E-state index contributed by atoms with van der Waals surface area (Å²) in [6.45, 7) is 2.24. The van der Waals surface area contributed by atoms with E-state index in [0.717, 1.165) is 16.5 Å². The molecule has 0 radical (unpaired) electrons. The van der Waals surface area contributed by atoms with Crippen molar-refractivity contribution in [2.75, 3.05) is 6.26 Å². The fourth-order valence-electron chi connectivity index (χ4n) is 1.92. The molecule has 1 rings (SSSR count). The number of rotatable bonds is 3. The van der Waals surface area contributed by atoms with Gasteiger partial charge in [0.2, 0.25) is 0 Å². The summed E-state index contributed by atoms with van der Waals surface area (Å²) >= 11 is 6.89. The van der Waals surface area contributed by atoms with Crippen LogP contribution >= 0.6 is 24.0 Å². The predicted octanol–water partition coefficient (Wildman–Crippen LogP) is 2.44. The average molecular weight is 203 g/mol. The maximum absolute atomic E-state index is 5.92. The summed E-state index contributed by atoms with van der Waals surface area (Å²) < 4.78 is 1.12. The second kappa shape index (κ2) is 4.58. The first-order valence-electron chi connectivity index (χ1n) is 4.51. The van der Waals surface area contributed by atoms with Crippen LogP contribution in [0.4, 0.5) is 0 Å². The zero-order valence-corrected chi connectivity index (χ0v) is 9.38. The van der Waals surface area contributed by atoms with Gasteiger partial charge < -0.3 is 5.73 Å². The molecule has 70 valence electrons. The van der Waals surface area contributed by atoms with Crippen LogP contribution in [-0.2, 0) is 0 Å².